The van der Waals surface area contributed by atoms with Crippen molar-refractivity contribution in [3.8, 4) is 0 Å². The molecule has 0 amide bonds. The molecule has 1 saturated heterocycles. The molecule has 0 unspecified atom stereocenters. The predicted molar refractivity (Wildman–Crippen MR) is 193 cm³/mol. The van der Waals surface area contributed by atoms with Crippen LogP contribution in [0, 0.1) is 6.92 Å². The van der Waals surface area contributed by atoms with Gasteiger partial charge in [0.2, 0.25) is 16.1 Å². The second kappa shape index (κ2) is 15.0. The molecule has 8 nitrogen and oxygen atoms in total. The number of carbonyl (C=O) groups excluding carboxylic acids is 2. The Labute approximate surface area is 290 Å². The lowest BCUT2D eigenvalue weighted by Crippen LogP contribution is -2.69. The van der Waals surface area contributed by atoms with E-state index in [0.29, 0.717) is 0 Å². The smallest absolute Gasteiger partial charge is 0.349 e. The molecule has 0 radical (unpaired) electrons. The second-order valence-electron chi connectivity index (χ2n) is 13.3. The minimum Gasteiger partial charge on any atom is -0.455 e. The van der Waals surface area contributed by atoms with Gasteiger partial charge in [0.15, 0.2) is 0 Å². The molecule has 1 aliphatic heterocycles. The molecule has 1 aliphatic rings. The number of aryl methyl sites for hydroxylation is 1. The van der Waals surface area contributed by atoms with E-state index in [1.807, 2.05) is 85.8 Å². The number of hydrogen-bond acceptors (Lipinski definition) is 7. The van der Waals surface area contributed by atoms with Crippen LogP contribution in [0.3, 0.4) is 0 Å². The maximum atomic E-state index is 13.8. The van der Waals surface area contributed by atoms with Crippen molar-refractivity contribution >= 4 is 46.7 Å². The highest BCUT2D eigenvalue weighted by atomic mass is 32.2. The Morgan fingerprint density at radius 3 is 1.92 bits per heavy atom. The highest BCUT2D eigenvalue weighted by molar-refractivity contribution is 7.89. The molecule has 5 rings (SSSR count). The van der Waals surface area contributed by atoms with E-state index in [2.05, 4.69) is 49.8 Å². The van der Waals surface area contributed by atoms with Gasteiger partial charge in [-0.3, -0.25) is 4.79 Å². The quantitative estimate of drug-likeness (QED) is 0.153. The van der Waals surface area contributed by atoms with E-state index in [9.17, 15) is 18.0 Å². The lowest BCUT2D eigenvalue weighted by Gasteiger charge is -2.46. The van der Waals surface area contributed by atoms with Gasteiger partial charge in [-0.05, 0) is 46.5 Å². The zero-order chi connectivity index (χ0) is 35.2. The first-order valence-electron chi connectivity index (χ1n) is 16.3. The number of ether oxygens (including phenoxy) is 2. The predicted octanol–water partition coefficient (Wildman–Crippen LogP) is 5.55. The Morgan fingerprint density at radius 1 is 0.878 bits per heavy atom. The van der Waals surface area contributed by atoms with E-state index >= 15 is 0 Å². The molecular weight excluding hydrogens is 655 g/mol. The van der Waals surface area contributed by atoms with Crippen molar-refractivity contribution in [2.45, 2.75) is 75.3 Å². The lowest BCUT2D eigenvalue weighted by atomic mass is 10.0. The highest BCUT2D eigenvalue weighted by Gasteiger charge is 2.57. The first-order valence-corrected chi connectivity index (χ1v) is 19.7. The molecule has 0 bridgehead atoms. The molecule has 1 N–H and O–H groups in total. The van der Waals surface area contributed by atoms with E-state index in [0.717, 1.165) is 21.5 Å². The third-order valence-electron chi connectivity index (χ3n) is 8.67. The molecular formula is C39H43NO7SSi. The summed E-state index contributed by atoms with van der Waals surface area (Å²) < 4.78 is 49.3. The van der Waals surface area contributed by atoms with Crippen LogP contribution in [0.1, 0.15) is 45.2 Å². The maximum absolute atomic E-state index is 13.8. The Morgan fingerprint density at radius 2 is 1.41 bits per heavy atom. The number of sulfonamides is 1. The number of rotatable bonds is 12. The van der Waals surface area contributed by atoms with Gasteiger partial charge in [-0.25, -0.2) is 13.2 Å². The van der Waals surface area contributed by atoms with Gasteiger partial charge in [0.25, 0.3) is 8.32 Å². The summed E-state index contributed by atoms with van der Waals surface area (Å²) in [4.78, 5) is 25.8. The highest BCUT2D eigenvalue weighted by Crippen LogP contribution is 2.40. The van der Waals surface area contributed by atoms with Gasteiger partial charge in [-0.1, -0.05) is 142 Å². The summed E-state index contributed by atoms with van der Waals surface area (Å²) in [7, 11) is -7.45. The fraction of sp³-hybridized carbons (Fsp3) is 0.282. The molecule has 4 aromatic carbocycles. The molecule has 0 spiro atoms. The van der Waals surface area contributed by atoms with Crippen molar-refractivity contribution in [3.05, 3.63) is 132 Å². The summed E-state index contributed by atoms with van der Waals surface area (Å²) in [5.41, 5.74) is 1.85. The number of nitrogens with one attached hydrogen (secondary N) is 1. The van der Waals surface area contributed by atoms with E-state index in [1.54, 1.807) is 12.1 Å². The lowest BCUT2D eigenvalue weighted by molar-refractivity contribution is -0.160. The second-order valence-corrected chi connectivity index (χ2v) is 19.2. The fourth-order valence-corrected chi connectivity index (χ4v) is 12.3. The average Bonchev–Trinajstić information content (AvgIpc) is 3.36. The van der Waals surface area contributed by atoms with Crippen LogP contribution in [-0.2, 0) is 33.5 Å². The monoisotopic (exact) mass is 697 g/mol. The Kier molecular flexibility index (Phi) is 11.0. The van der Waals surface area contributed by atoms with E-state index in [4.69, 9.17) is 13.9 Å². The molecule has 1 heterocycles. The Bertz CT molecular complexity index is 1820. The van der Waals surface area contributed by atoms with Gasteiger partial charge >= 0.3 is 11.9 Å². The van der Waals surface area contributed by atoms with Gasteiger partial charge in [0, 0.05) is 6.92 Å². The summed E-state index contributed by atoms with van der Waals surface area (Å²) in [5, 5.41) is 1.57. The van der Waals surface area contributed by atoms with Crippen molar-refractivity contribution < 1.29 is 31.9 Å². The zero-order valence-electron chi connectivity index (χ0n) is 28.4. The Balaban J connectivity index is 1.66. The zero-order valence-corrected chi connectivity index (χ0v) is 30.2. The number of cyclic esters (lactones) is 1. The van der Waals surface area contributed by atoms with Crippen LogP contribution < -0.4 is 15.1 Å². The molecule has 0 saturated carbocycles. The minimum absolute atomic E-state index is 0.00574. The number of esters is 2. The summed E-state index contributed by atoms with van der Waals surface area (Å²) in [6.07, 6.45) is 0.614. The molecule has 256 valence electrons. The topological polar surface area (TPSA) is 108 Å². The fourth-order valence-electron chi connectivity index (χ4n) is 6.36. The summed E-state index contributed by atoms with van der Waals surface area (Å²) in [6.45, 7) is 9.43. The van der Waals surface area contributed by atoms with Gasteiger partial charge in [-0.2, -0.15) is 4.72 Å². The number of hydrogen-bond donors (Lipinski definition) is 1. The third kappa shape index (κ3) is 8.10. The van der Waals surface area contributed by atoms with Gasteiger partial charge in [0.05, 0.1) is 11.0 Å². The SMILES string of the molecule is CC(=O)O[C@@H]1C(=O)O[C@H]([C@H](C/C=C/c2ccccc2)O[Si](c2ccccc2)(c2ccccc2)C(C)(C)C)[C@H]1NS(=O)(=O)c1ccc(C)cc1. The van der Waals surface area contributed by atoms with Gasteiger partial charge < -0.3 is 13.9 Å². The van der Waals surface area contributed by atoms with Crippen LogP contribution in [0.4, 0.5) is 0 Å². The van der Waals surface area contributed by atoms with E-state index < -0.39 is 59.7 Å². The van der Waals surface area contributed by atoms with Crippen molar-refractivity contribution in [2.75, 3.05) is 0 Å². The summed E-state index contributed by atoms with van der Waals surface area (Å²) in [6, 6.07) is 34.9. The largest absolute Gasteiger partial charge is 0.455 e. The van der Waals surface area contributed by atoms with E-state index in [1.165, 1.54) is 19.1 Å². The maximum Gasteiger partial charge on any atom is 0.349 e. The molecule has 0 aliphatic carbocycles. The molecule has 49 heavy (non-hydrogen) atoms. The summed E-state index contributed by atoms with van der Waals surface area (Å²) >= 11 is 0. The normalized spacial score (nSPS) is 19.0. The van der Waals surface area contributed by atoms with Crippen LogP contribution >= 0.6 is 0 Å². The molecule has 4 aromatic rings. The van der Waals surface area contributed by atoms with Crippen LogP contribution in [0.15, 0.2) is 126 Å². The summed E-state index contributed by atoms with van der Waals surface area (Å²) in [5.74, 6) is -1.59. The average molecular weight is 698 g/mol. The van der Waals surface area contributed by atoms with Gasteiger partial charge in [-0.15, -0.1) is 0 Å². The van der Waals surface area contributed by atoms with Crippen molar-refractivity contribution in [1.82, 2.24) is 4.72 Å². The standard InChI is InChI=1S/C39H43NO7SSi/c1-28-24-26-31(27-25-28)48(43,44)40-35-36(46-38(42)37(35)45-29(2)41)34(23-15-18-30-16-9-6-10-17-30)47-49(39(3,4)5,32-19-11-7-12-20-32)33-21-13-8-14-22-33/h6-22,24-27,34-37,40H,23H2,1-5H3/b18-15+/t34-,35+,36+,37-/m0/s1. The molecule has 10 heteroatoms. The van der Waals surface area contributed by atoms with Crippen LogP contribution in [-0.4, -0.2) is 53.0 Å². The van der Waals surface area contributed by atoms with Crippen molar-refractivity contribution in [2.24, 2.45) is 0 Å². The van der Waals surface area contributed by atoms with Crippen molar-refractivity contribution in [3.63, 3.8) is 0 Å². The molecule has 0 aromatic heterocycles. The van der Waals surface area contributed by atoms with Crippen LogP contribution in [0.5, 0.6) is 0 Å². The third-order valence-corrected chi connectivity index (χ3v) is 15.2. The number of benzene rings is 4. The number of carbonyl (C=O) groups is 2. The van der Waals surface area contributed by atoms with Crippen LogP contribution in [0.25, 0.3) is 6.08 Å². The van der Waals surface area contributed by atoms with E-state index in [-0.39, 0.29) is 11.3 Å². The first kappa shape index (κ1) is 35.9. The minimum atomic E-state index is -4.19. The first-order chi connectivity index (χ1) is 23.3. The Hall–Kier alpha value is -4.35. The molecule has 1 fully saturated rings. The molecule has 4 atom stereocenters. The van der Waals surface area contributed by atoms with Crippen molar-refractivity contribution in [1.29, 1.82) is 0 Å². The van der Waals surface area contributed by atoms with Crippen LogP contribution in [0.2, 0.25) is 5.04 Å². The van der Waals surface area contributed by atoms with Gasteiger partial charge in [0.1, 0.15) is 12.1 Å².